The minimum Gasteiger partial charge on any atom is -0.370 e. The summed E-state index contributed by atoms with van der Waals surface area (Å²) in [5, 5.41) is 4.58. The van der Waals surface area contributed by atoms with E-state index in [1.165, 1.54) is 0 Å². The molecule has 6 heteroatoms. The van der Waals surface area contributed by atoms with Crippen LogP contribution in [0.15, 0.2) is 30.5 Å². The van der Waals surface area contributed by atoms with Crippen molar-refractivity contribution >= 4 is 39.7 Å². The zero-order chi connectivity index (χ0) is 22.5. The van der Waals surface area contributed by atoms with Crippen molar-refractivity contribution < 1.29 is 9.59 Å². The fourth-order valence-corrected chi connectivity index (χ4v) is 4.23. The molecular weight excluding hydrogens is 394 g/mol. The Morgan fingerprint density at radius 3 is 2.47 bits per heavy atom. The number of benzene rings is 1. The molecule has 5 nitrogen and oxygen atoms in total. The Morgan fingerprint density at radius 2 is 1.87 bits per heavy atom. The molecule has 2 rings (SSSR count). The molecule has 2 aromatic rings. The molecule has 164 valence electrons. The first-order valence-electron chi connectivity index (χ1n) is 10.7. The number of para-hydroxylation sites is 1. The van der Waals surface area contributed by atoms with Crippen LogP contribution in [0.4, 0.5) is 0 Å². The number of hydrogen-bond donors (Lipinski definition) is 3. The number of aromatic amines is 1. The number of carbonyl (C=O) groups is 2. The van der Waals surface area contributed by atoms with Gasteiger partial charge in [0.25, 0.3) is 0 Å². The van der Waals surface area contributed by atoms with Crippen molar-refractivity contribution in [1.82, 2.24) is 10.3 Å². The topological polar surface area (TPSA) is 88.0 Å². The third kappa shape index (κ3) is 6.74. The first-order chi connectivity index (χ1) is 14.0. The largest absolute Gasteiger partial charge is 0.370 e. The standard InChI is InChI=1S/C24H35N3O2S/c1-15(2)27-20(10-11-22(25)28)21(30)13-16(23(29)24(3,4)5)12-17-14-26-19-9-7-6-8-18(17)19/h6-9,14-16,20,26-27H,10-13H2,1-5H3,(H2,25,28)/t16-,20?/m1/s1. The van der Waals surface area contributed by atoms with E-state index in [-0.39, 0.29) is 36.1 Å². The summed E-state index contributed by atoms with van der Waals surface area (Å²) in [5.41, 5.74) is 7.09. The molecule has 0 spiro atoms. The SMILES string of the molecule is CC(C)NC(CCC(N)=O)C(=S)C[C@@H](Cc1c[nH]c2ccccc12)C(=O)C(C)(C)C. The average molecular weight is 430 g/mol. The Bertz CT molecular complexity index is 895. The number of aromatic nitrogens is 1. The lowest BCUT2D eigenvalue weighted by Crippen LogP contribution is -2.42. The van der Waals surface area contributed by atoms with E-state index in [0.29, 0.717) is 19.3 Å². The molecule has 0 fully saturated rings. The van der Waals surface area contributed by atoms with E-state index in [9.17, 15) is 9.59 Å². The number of Topliss-reactive ketones (excluding diaryl/α,β-unsaturated/α-hetero) is 1. The summed E-state index contributed by atoms with van der Waals surface area (Å²) in [4.78, 5) is 28.7. The zero-order valence-corrected chi connectivity index (χ0v) is 19.6. The van der Waals surface area contributed by atoms with Crippen LogP contribution in [0.5, 0.6) is 0 Å². The highest BCUT2D eigenvalue weighted by molar-refractivity contribution is 7.80. The third-order valence-corrected chi connectivity index (χ3v) is 5.75. The normalized spacial score (nSPS) is 14.1. The highest BCUT2D eigenvalue weighted by atomic mass is 32.1. The Hall–Kier alpha value is -2.05. The van der Waals surface area contributed by atoms with Crippen molar-refractivity contribution in [2.24, 2.45) is 17.1 Å². The van der Waals surface area contributed by atoms with E-state index in [1.807, 2.05) is 59.0 Å². The van der Waals surface area contributed by atoms with Gasteiger partial charge in [-0.05, 0) is 30.9 Å². The second-order valence-electron chi connectivity index (χ2n) is 9.42. The first kappa shape index (κ1) is 24.2. The minimum absolute atomic E-state index is 0.120. The molecule has 0 aliphatic carbocycles. The van der Waals surface area contributed by atoms with Gasteiger partial charge in [0.1, 0.15) is 5.78 Å². The number of hydrogen-bond acceptors (Lipinski definition) is 4. The number of carbonyl (C=O) groups excluding carboxylic acids is 2. The highest BCUT2D eigenvalue weighted by Gasteiger charge is 2.32. The van der Waals surface area contributed by atoms with E-state index in [0.717, 1.165) is 21.3 Å². The summed E-state index contributed by atoms with van der Waals surface area (Å²) in [6.45, 7) is 9.96. The molecular formula is C24H35N3O2S. The summed E-state index contributed by atoms with van der Waals surface area (Å²) in [6.07, 6.45) is 3.95. The maximum Gasteiger partial charge on any atom is 0.217 e. The van der Waals surface area contributed by atoms with Crippen molar-refractivity contribution in [1.29, 1.82) is 0 Å². The fraction of sp³-hybridized carbons (Fsp3) is 0.542. The molecule has 0 aliphatic rings. The van der Waals surface area contributed by atoms with E-state index in [2.05, 4.69) is 16.4 Å². The third-order valence-electron chi connectivity index (χ3n) is 5.30. The Kier molecular flexibility index (Phi) is 8.33. The number of rotatable bonds is 11. The number of primary amides is 1. The summed E-state index contributed by atoms with van der Waals surface area (Å²) >= 11 is 5.78. The van der Waals surface area contributed by atoms with Gasteiger partial charge in [0, 0.05) is 51.8 Å². The predicted molar refractivity (Wildman–Crippen MR) is 128 cm³/mol. The fourth-order valence-electron chi connectivity index (χ4n) is 3.85. The van der Waals surface area contributed by atoms with E-state index in [1.54, 1.807) is 0 Å². The van der Waals surface area contributed by atoms with Crippen LogP contribution in [0.25, 0.3) is 10.9 Å². The number of amides is 1. The monoisotopic (exact) mass is 429 g/mol. The number of fused-ring (bicyclic) bond motifs is 1. The van der Waals surface area contributed by atoms with Crippen molar-refractivity contribution in [2.45, 2.75) is 72.4 Å². The molecule has 1 amide bonds. The highest BCUT2D eigenvalue weighted by Crippen LogP contribution is 2.29. The molecule has 2 atom stereocenters. The van der Waals surface area contributed by atoms with Gasteiger partial charge in [-0.15, -0.1) is 0 Å². The first-order valence-corrected chi connectivity index (χ1v) is 11.1. The van der Waals surface area contributed by atoms with Gasteiger partial charge in [-0.3, -0.25) is 9.59 Å². The van der Waals surface area contributed by atoms with Crippen molar-refractivity contribution in [3.8, 4) is 0 Å². The number of thiocarbonyl (C=S) groups is 1. The van der Waals surface area contributed by atoms with E-state index in [4.69, 9.17) is 18.0 Å². The van der Waals surface area contributed by atoms with Crippen LogP contribution in [0, 0.1) is 11.3 Å². The number of ketones is 1. The second kappa shape index (κ2) is 10.3. The molecule has 1 unspecified atom stereocenters. The van der Waals surface area contributed by atoms with Crippen LogP contribution in [0.2, 0.25) is 0 Å². The van der Waals surface area contributed by atoms with Crippen LogP contribution in [0.1, 0.15) is 59.4 Å². The summed E-state index contributed by atoms with van der Waals surface area (Å²) in [5.74, 6) is -0.357. The molecule has 0 saturated heterocycles. The van der Waals surface area contributed by atoms with E-state index < -0.39 is 5.41 Å². The zero-order valence-electron chi connectivity index (χ0n) is 18.7. The van der Waals surface area contributed by atoms with Gasteiger partial charge in [-0.25, -0.2) is 0 Å². The number of nitrogens with two attached hydrogens (primary N) is 1. The average Bonchev–Trinajstić information content (AvgIpc) is 3.05. The van der Waals surface area contributed by atoms with Crippen LogP contribution in [-0.2, 0) is 16.0 Å². The smallest absolute Gasteiger partial charge is 0.217 e. The summed E-state index contributed by atoms with van der Waals surface area (Å²) < 4.78 is 0. The van der Waals surface area contributed by atoms with Crippen LogP contribution < -0.4 is 11.1 Å². The van der Waals surface area contributed by atoms with Crippen LogP contribution in [0.3, 0.4) is 0 Å². The lowest BCUT2D eigenvalue weighted by molar-refractivity contribution is -0.130. The maximum atomic E-state index is 13.3. The van der Waals surface area contributed by atoms with Gasteiger partial charge < -0.3 is 16.0 Å². The van der Waals surface area contributed by atoms with Crippen molar-refractivity contribution in [3.05, 3.63) is 36.0 Å². The quantitative estimate of drug-likeness (QED) is 0.464. The predicted octanol–water partition coefficient (Wildman–Crippen LogP) is 4.33. The molecule has 4 N–H and O–H groups in total. The lowest BCUT2D eigenvalue weighted by atomic mass is 9.77. The van der Waals surface area contributed by atoms with Gasteiger partial charge in [-0.1, -0.05) is 65.0 Å². The molecule has 1 heterocycles. The van der Waals surface area contributed by atoms with Crippen LogP contribution in [-0.4, -0.2) is 33.6 Å². The van der Waals surface area contributed by atoms with Crippen LogP contribution >= 0.6 is 12.2 Å². The Morgan fingerprint density at radius 1 is 1.20 bits per heavy atom. The molecule has 0 aliphatic heterocycles. The number of nitrogens with one attached hydrogen (secondary N) is 2. The Balaban J connectivity index is 2.26. The van der Waals surface area contributed by atoms with E-state index >= 15 is 0 Å². The second-order valence-corrected chi connectivity index (χ2v) is 9.95. The molecule has 0 bridgehead atoms. The van der Waals surface area contributed by atoms with Crippen molar-refractivity contribution in [2.75, 3.05) is 0 Å². The molecule has 0 saturated carbocycles. The molecule has 0 radical (unpaired) electrons. The molecule has 30 heavy (non-hydrogen) atoms. The minimum atomic E-state index is -0.458. The maximum absolute atomic E-state index is 13.3. The summed E-state index contributed by atoms with van der Waals surface area (Å²) in [6, 6.07) is 8.22. The van der Waals surface area contributed by atoms with Gasteiger partial charge in [0.05, 0.1) is 0 Å². The van der Waals surface area contributed by atoms with Gasteiger partial charge in [0.15, 0.2) is 0 Å². The van der Waals surface area contributed by atoms with Gasteiger partial charge in [0.2, 0.25) is 5.91 Å². The van der Waals surface area contributed by atoms with Gasteiger partial charge in [-0.2, -0.15) is 0 Å². The number of H-pyrrole nitrogens is 1. The molecule has 1 aromatic heterocycles. The summed E-state index contributed by atoms with van der Waals surface area (Å²) in [7, 11) is 0. The van der Waals surface area contributed by atoms with Crippen molar-refractivity contribution in [3.63, 3.8) is 0 Å². The molecule has 1 aromatic carbocycles. The lowest BCUT2D eigenvalue weighted by Gasteiger charge is -2.28. The van der Waals surface area contributed by atoms with Gasteiger partial charge >= 0.3 is 0 Å². The Labute approximate surface area is 185 Å².